The first kappa shape index (κ1) is 29.0. The number of benzene rings is 3. The molecule has 7 nitrogen and oxygen atoms in total. The van der Waals surface area contributed by atoms with E-state index in [1.807, 2.05) is 84.9 Å². The lowest BCUT2D eigenvalue weighted by atomic mass is 10.0. The topological polar surface area (TPSA) is 84.9 Å². The summed E-state index contributed by atoms with van der Waals surface area (Å²) >= 11 is 0. The first-order valence-electron chi connectivity index (χ1n) is 13.8. The second kappa shape index (κ2) is 13.4. The number of nitrogens with zero attached hydrogens (tertiary/aromatic N) is 1. The normalized spacial score (nSPS) is 16.0. The molecule has 7 heteroatoms. The lowest BCUT2D eigenvalue weighted by Gasteiger charge is -2.29. The third-order valence-electron chi connectivity index (χ3n) is 6.73. The molecule has 0 spiro atoms. The molecule has 4 rings (SSSR count). The van der Waals surface area contributed by atoms with Crippen LogP contribution < -0.4 is 10.2 Å². The van der Waals surface area contributed by atoms with Gasteiger partial charge in [0.2, 0.25) is 5.91 Å². The van der Waals surface area contributed by atoms with Crippen LogP contribution in [0.15, 0.2) is 84.9 Å². The van der Waals surface area contributed by atoms with Gasteiger partial charge in [-0.05, 0) is 69.2 Å². The maximum atomic E-state index is 13.9. The van der Waals surface area contributed by atoms with Crippen LogP contribution in [0, 0.1) is 0 Å². The zero-order valence-corrected chi connectivity index (χ0v) is 23.5. The molecule has 1 heterocycles. The number of aryl methyl sites for hydroxylation is 2. The summed E-state index contributed by atoms with van der Waals surface area (Å²) in [7, 11) is 0. The van der Waals surface area contributed by atoms with Gasteiger partial charge in [0, 0.05) is 5.69 Å². The molecule has 1 aliphatic rings. The van der Waals surface area contributed by atoms with Crippen LogP contribution >= 0.6 is 0 Å². The summed E-state index contributed by atoms with van der Waals surface area (Å²) in [6.45, 7) is 5.33. The van der Waals surface area contributed by atoms with Crippen molar-refractivity contribution < 1.29 is 23.9 Å². The first-order valence-corrected chi connectivity index (χ1v) is 13.8. The summed E-state index contributed by atoms with van der Waals surface area (Å²) in [4.78, 5) is 41.6. The highest BCUT2D eigenvalue weighted by Gasteiger charge is 2.35. The number of ether oxygens (including phenoxy) is 2. The van der Waals surface area contributed by atoms with Crippen molar-refractivity contribution in [3.8, 4) is 0 Å². The summed E-state index contributed by atoms with van der Waals surface area (Å²) in [5, 5.41) is 3.32. The SMILES string of the molecule is CC(C)(C)OC(=O)CN1C(=O)[C@H](N[C@H](CCc2ccccc2)C(=O)OCc2ccccc2)CCc2ccccc21. The molecule has 0 radical (unpaired) electrons. The van der Waals surface area contributed by atoms with Gasteiger partial charge in [0.1, 0.15) is 24.8 Å². The van der Waals surface area contributed by atoms with Gasteiger partial charge in [-0.2, -0.15) is 0 Å². The van der Waals surface area contributed by atoms with Crippen molar-refractivity contribution in [2.24, 2.45) is 0 Å². The minimum Gasteiger partial charge on any atom is -0.460 e. The number of para-hydroxylation sites is 1. The molecule has 0 saturated carbocycles. The summed E-state index contributed by atoms with van der Waals surface area (Å²) in [6.07, 6.45) is 2.20. The molecule has 1 aliphatic heterocycles. The lowest BCUT2D eigenvalue weighted by Crippen LogP contribution is -2.53. The Bertz CT molecular complexity index is 1290. The molecule has 1 amide bonds. The quantitative estimate of drug-likeness (QED) is 0.363. The maximum absolute atomic E-state index is 13.9. The van der Waals surface area contributed by atoms with Crippen molar-refractivity contribution in [3.05, 3.63) is 102 Å². The van der Waals surface area contributed by atoms with E-state index in [-0.39, 0.29) is 19.1 Å². The minimum absolute atomic E-state index is 0.151. The Kier molecular flexibility index (Phi) is 9.72. The number of rotatable bonds is 10. The standard InChI is InChI=1S/C33H38N2O5/c1-33(2,3)40-30(36)22-35-29-17-11-10-16-26(29)19-21-27(31(35)37)34-28(20-18-24-12-6-4-7-13-24)32(38)39-23-25-14-8-5-9-15-25/h4-17,27-28,34H,18-23H2,1-3H3/t27-,28-/m1/s1. The largest absolute Gasteiger partial charge is 0.460 e. The van der Waals surface area contributed by atoms with Crippen LogP contribution in [0.4, 0.5) is 5.69 Å². The van der Waals surface area contributed by atoms with E-state index < -0.39 is 29.6 Å². The molecule has 0 saturated heterocycles. The molecule has 40 heavy (non-hydrogen) atoms. The Hall–Kier alpha value is -3.97. The van der Waals surface area contributed by atoms with E-state index in [0.29, 0.717) is 31.4 Å². The molecule has 0 bridgehead atoms. The van der Waals surface area contributed by atoms with E-state index in [9.17, 15) is 14.4 Å². The first-order chi connectivity index (χ1) is 19.2. The van der Waals surface area contributed by atoms with Crippen LogP contribution in [0.1, 0.15) is 50.3 Å². The molecule has 0 fully saturated rings. The highest BCUT2D eigenvalue weighted by atomic mass is 16.6. The van der Waals surface area contributed by atoms with Gasteiger partial charge in [0.25, 0.3) is 0 Å². The van der Waals surface area contributed by atoms with E-state index in [4.69, 9.17) is 9.47 Å². The van der Waals surface area contributed by atoms with E-state index in [1.54, 1.807) is 20.8 Å². The molecule has 3 aromatic rings. The van der Waals surface area contributed by atoms with Crippen molar-refractivity contribution in [2.45, 2.75) is 70.7 Å². The van der Waals surface area contributed by atoms with E-state index >= 15 is 0 Å². The van der Waals surface area contributed by atoms with Crippen molar-refractivity contribution in [3.63, 3.8) is 0 Å². The van der Waals surface area contributed by atoms with Gasteiger partial charge in [-0.25, -0.2) is 0 Å². The van der Waals surface area contributed by atoms with Gasteiger partial charge in [-0.1, -0.05) is 78.9 Å². The zero-order chi connectivity index (χ0) is 28.5. The van der Waals surface area contributed by atoms with E-state index in [2.05, 4.69) is 5.32 Å². The molecule has 0 unspecified atom stereocenters. The number of anilines is 1. The predicted molar refractivity (Wildman–Crippen MR) is 155 cm³/mol. The fourth-order valence-electron chi connectivity index (χ4n) is 4.83. The smallest absolute Gasteiger partial charge is 0.326 e. The van der Waals surface area contributed by atoms with Gasteiger partial charge >= 0.3 is 11.9 Å². The number of hydrogen-bond acceptors (Lipinski definition) is 6. The van der Waals surface area contributed by atoms with E-state index in [0.717, 1.165) is 16.7 Å². The van der Waals surface area contributed by atoms with Gasteiger partial charge < -0.3 is 9.47 Å². The number of fused-ring (bicyclic) bond motifs is 1. The van der Waals surface area contributed by atoms with Crippen LogP contribution in [-0.4, -0.2) is 42.1 Å². The van der Waals surface area contributed by atoms with Crippen LogP contribution in [-0.2, 0) is 43.3 Å². The average Bonchev–Trinajstić information content (AvgIpc) is 3.06. The Morgan fingerprint density at radius 2 is 1.55 bits per heavy atom. The van der Waals surface area contributed by atoms with Gasteiger partial charge in [-0.3, -0.25) is 24.6 Å². The van der Waals surface area contributed by atoms with Crippen molar-refractivity contribution in [1.82, 2.24) is 5.32 Å². The van der Waals surface area contributed by atoms with Gasteiger partial charge in [-0.15, -0.1) is 0 Å². The molecule has 0 aromatic heterocycles. The van der Waals surface area contributed by atoms with Crippen molar-refractivity contribution >= 4 is 23.5 Å². The summed E-state index contributed by atoms with van der Waals surface area (Å²) in [6, 6.07) is 25.6. The number of carbonyl (C=O) groups is 3. The van der Waals surface area contributed by atoms with Crippen LogP contribution in [0.25, 0.3) is 0 Å². The fraction of sp³-hybridized carbons (Fsp3) is 0.364. The van der Waals surface area contributed by atoms with Gasteiger partial charge in [0.15, 0.2) is 0 Å². The third-order valence-corrected chi connectivity index (χ3v) is 6.73. The van der Waals surface area contributed by atoms with Crippen LogP contribution in [0.3, 0.4) is 0 Å². The minimum atomic E-state index is -0.706. The van der Waals surface area contributed by atoms with Crippen LogP contribution in [0.2, 0.25) is 0 Å². The lowest BCUT2D eigenvalue weighted by molar-refractivity contribution is -0.154. The summed E-state index contributed by atoms with van der Waals surface area (Å²) in [5.74, 6) is -1.16. The number of hydrogen-bond donors (Lipinski definition) is 1. The Morgan fingerprint density at radius 3 is 2.23 bits per heavy atom. The maximum Gasteiger partial charge on any atom is 0.326 e. The highest BCUT2D eigenvalue weighted by molar-refractivity contribution is 6.02. The Balaban J connectivity index is 1.54. The monoisotopic (exact) mass is 542 g/mol. The second-order valence-electron chi connectivity index (χ2n) is 11.1. The third kappa shape index (κ3) is 8.26. The molecule has 210 valence electrons. The zero-order valence-electron chi connectivity index (χ0n) is 23.5. The number of amides is 1. The average molecular weight is 543 g/mol. The summed E-state index contributed by atoms with van der Waals surface area (Å²) in [5.41, 5.74) is 2.97. The highest BCUT2D eigenvalue weighted by Crippen LogP contribution is 2.28. The predicted octanol–water partition coefficient (Wildman–Crippen LogP) is 5.01. The number of esters is 2. The Morgan fingerprint density at radius 1 is 0.925 bits per heavy atom. The molecular formula is C33H38N2O5. The molecule has 1 N–H and O–H groups in total. The van der Waals surface area contributed by atoms with Crippen molar-refractivity contribution in [2.75, 3.05) is 11.4 Å². The fourth-order valence-corrected chi connectivity index (χ4v) is 4.83. The second-order valence-corrected chi connectivity index (χ2v) is 11.1. The van der Waals surface area contributed by atoms with E-state index in [1.165, 1.54) is 4.90 Å². The summed E-state index contributed by atoms with van der Waals surface area (Å²) < 4.78 is 11.2. The Labute approximate surface area is 236 Å². The molecule has 0 aliphatic carbocycles. The number of nitrogens with one attached hydrogen (secondary N) is 1. The van der Waals surface area contributed by atoms with Gasteiger partial charge in [0.05, 0.1) is 6.04 Å². The van der Waals surface area contributed by atoms with Crippen LogP contribution in [0.5, 0.6) is 0 Å². The molecular weight excluding hydrogens is 504 g/mol. The molecule has 2 atom stereocenters. The molecule has 3 aromatic carbocycles. The van der Waals surface area contributed by atoms with Crippen molar-refractivity contribution in [1.29, 1.82) is 0 Å². The number of carbonyl (C=O) groups excluding carboxylic acids is 3.